The highest BCUT2D eigenvalue weighted by Crippen LogP contribution is 2.18. The van der Waals surface area contributed by atoms with E-state index in [0.29, 0.717) is 22.8 Å². The van der Waals surface area contributed by atoms with E-state index in [9.17, 15) is 10.2 Å². The van der Waals surface area contributed by atoms with E-state index in [1.54, 1.807) is 67.0 Å². The first-order valence-electron chi connectivity index (χ1n) is 7.33. The number of rotatable bonds is 4. The maximum absolute atomic E-state index is 9.72. The van der Waals surface area contributed by atoms with Gasteiger partial charge in [-0.05, 0) is 36.4 Å². The number of phenolic OH excluding ortho intramolecular Hbond substituents is 2. The molecule has 2 aromatic carbocycles. The third-order valence-corrected chi connectivity index (χ3v) is 3.27. The molecule has 5 nitrogen and oxygen atoms in total. The first-order chi connectivity index (χ1) is 11.7. The summed E-state index contributed by atoms with van der Waals surface area (Å²) in [5.74, 6) is 1.28. The first-order valence-corrected chi connectivity index (χ1v) is 7.33. The minimum absolute atomic E-state index is 0.162. The number of aromatic hydroxyl groups is 2. The van der Waals surface area contributed by atoms with Crippen molar-refractivity contribution in [3.05, 3.63) is 77.9 Å². The van der Waals surface area contributed by atoms with Crippen LogP contribution in [0.3, 0.4) is 0 Å². The third kappa shape index (κ3) is 3.84. The van der Waals surface area contributed by atoms with E-state index in [0.717, 1.165) is 0 Å². The number of para-hydroxylation sites is 2. The molecule has 0 aliphatic rings. The highest BCUT2D eigenvalue weighted by Gasteiger charge is 1.98. The fourth-order valence-corrected chi connectivity index (χ4v) is 2.02. The number of pyridine rings is 1. The Labute approximate surface area is 139 Å². The molecule has 0 atom stereocenters. The molecule has 0 unspecified atom stereocenters. The monoisotopic (exact) mass is 317 g/mol. The standard InChI is InChI=1S/C19H15N3O2/c23-16-8-3-1-6-14(16)12-20-18-10-5-11-19(22-18)21-13-15-7-2-4-9-17(15)24/h1-13,23-24H/b20-12+,21-13?. The molecule has 0 saturated heterocycles. The molecular formula is C19H15N3O2. The molecule has 0 amide bonds. The Kier molecular flexibility index (Phi) is 4.62. The zero-order valence-corrected chi connectivity index (χ0v) is 12.7. The topological polar surface area (TPSA) is 78.1 Å². The van der Waals surface area contributed by atoms with Gasteiger partial charge in [0.1, 0.15) is 11.5 Å². The zero-order chi connectivity index (χ0) is 16.8. The lowest BCUT2D eigenvalue weighted by Crippen LogP contribution is -1.83. The van der Waals surface area contributed by atoms with Gasteiger partial charge in [-0.2, -0.15) is 0 Å². The molecule has 0 aliphatic heterocycles. The molecular weight excluding hydrogens is 302 g/mol. The second kappa shape index (κ2) is 7.19. The van der Waals surface area contributed by atoms with E-state index in [1.807, 2.05) is 12.1 Å². The number of benzene rings is 2. The van der Waals surface area contributed by atoms with Gasteiger partial charge < -0.3 is 10.2 Å². The van der Waals surface area contributed by atoms with Gasteiger partial charge in [-0.25, -0.2) is 15.0 Å². The predicted octanol–water partition coefficient (Wildman–Crippen LogP) is 3.99. The lowest BCUT2D eigenvalue weighted by molar-refractivity contribution is 0.474. The molecule has 0 saturated carbocycles. The Bertz CT molecular complexity index is 834. The van der Waals surface area contributed by atoms with Gasteiger partial charge in [0.2, 0.25) is 0 Å². The molecule has 0 aliphatic carbocycles. The summed E-state index contributed by atoms with van der Waals surface area (Å²) in [4.78, 5) is 12.8. The van der Waals surface area contributed by atoms with E-state index in [2.05, 4.69) is 15.0 Å². The van der Waals surface area contributed by atoms with Crippen LogP contribution in [0.1, 0.15) is 11.1 Å². The van der Waals surface area contributed by atoms with Gasteiger partial charge in [0.05, 0.1) is 0 Å². The number of nitrogens with zero attached hydrogens (tertiary/aromatic N) is 3. The van der Waals surface area contributed by atoms with Crippen molar-refractivity contribution >= 4 is 24.1 Å². The molecule has 1 aromatic heterocycles. The number of aliphatic imine (C=N–C) groups is 2. The van der Waals surface area contributed by atoms with Crippen molar-refractivity contribution in [3.8, 4) is 11.5 Å². The zero-order valence-electron chi connectivity index (χ0n) is 12.7. The van der Waals surface area contributed by atoms with Crippen molar-refractivity contribution in [2.75, 3.05) is 0 Å². The summed E-state index contributed by atoms with van der Waals surface area (Å²) in [7, 11) is 0. The van der Waals surface area contributed by atoms with Crippen molar-refractivity contribution in [3.63, 3.8) is 0 Å². The van der Waals surface area contributed by atoms with Crippen LogP contribution in [-0.2, 0) is 0 Å². The van der Waals surface area contributed by atoms with Gasteiger partial charge in [-0.15, -0.1) is 0 Å². The molecule has 2 N–H and O–H groups in total. The van der Waals surface area contributed by atoms with Gasteiger partial charge in [-0.1, -0.05) is 30.3 Å². The van der Waals surface area contributed by atoms with Crippen molar-refractivity contribution in [2.24, 2.45) is 9.98 Å². The molecule has 5 heteroatoms. The summed E-state index contributed by atoms with van der Waals surface area (Å²) >= 11 is 0. The van der Waals surface area contributed by atoms with E-state index < -0.39 is 0 Å². The molecule has 0 fully saturated rings. The van der Waals surface area contributed by atoms with Crippen molar-refractivity contribution < 1.29 is 10.2 Å². The molecule has 24 heavy (non-hydrogen) atoms. The SMILES string of the molecule is Oc1ccccc1C=Nc1cccc(/N=C/c2ccccc2O)n1. The summed E-state index contributed by atoms with van der Waals surface area (Å²) in [6.45, 7) is 0. The largest absolute Gasteiger partial charge is 0.507 e. The number of phenols is 2. The minimum atomic E-state index is 0.162. The lowest BCUT2D eigenvalue weighted by Gasteiger charge is -1.99. The smallest absolute Gasteiger partial charge is 0.154 e. The van der Waals surface area contributed by atoms with Crippen LogP contribution in [0, 0.1) is 0 Å². The van der Waals surface area contributed by atoms with Crippen LogP contribution in [0.4, 0.5) is 11.6 Å². The molecule has 3 aromatic rings. The minimum Gasteiger partial charge on any atom is -0.507 e. The van der Waals surface area contributed by atoms with Crippen LogP contribution < -0.4 is 0 Å². The molecule has 0 radical (unpaired) electrons. The number of aromatic nitrogens is 1. The van der Waals surface area contributed by atoms with E-state index in [1.165, 1.54) is 0 Å². The molecule has 3 rings (SSSR count). The van der Waals surface area contributed by atoms with Crippen LogP contribution in [0.25, 0.3) is 0 Å². The molecule has 1 heterocycles. The van der Waals surface area contributed by atoms with Crippen LogP contribution in [0.5, 0.6) is 11.5 Å². The van der Waals surface area contributed by atoms with Crippen LogP contribution in [-0.4, -0.2) is 27.6 Å². The summed E-state index contributed by atoms with van der Waals surface area (Å²) in [6.07, 6.45) is 3.10. The Morgan fingerprint density at radius 2 is 1.08 bits per heavy atom. The maximum Gasteiger partial charge on any atom is 0.154 e. The van der Waals surface area contributed by atoms with Crippen molar-refractivity contribution in [1.29, 1.82) is 0 Å². The van der Waals surface area contributed by atoms with E-state index in [4.69, 9.17) is 0 Å². The van der Waals surface area contributed by atoms with Gasteiger partial charge in [0.25, 0.3) is 0 Å². The summed E-state index contributed by atoms with van der Waals surface area (Å²) in [6, 6.07) is 19.1. The van der Waals surface area contributed by atoms with Gasteiger partial charge in [0, 0.05) is 23.6 Å². The predicted molar refractivity (Wildman–Crippen MR) is 95.0 cm³/mol. The second-order valence-corrected chi connectivity index (χ2v) is 4.99. The molecule has 118 valence electrons. The third-order valence-electron chi connectivity index (χ3n) is 3.27. The Balaban J connectivity index is 1.80. The average molecular weight is 317 g/mol. The number of hydrogen-bond acceptors (Lipinski definition) is 5. The lowest BCUT2D eigenvalue weighted by atomic mass is 10.2. The quantitative estimate of drug-likeness (QED) is 0.714. The highest BCUT2D eigenvalue weighted by atomic mass is 16.3. The fraction of sp³-hybridized carbons (Fsp3) is 0. The molecule has 0 bridgehead atoms. The average Bonchev–Trinajstić information content (AvgIpc) is 2.61. The van der Waals surface area contributed by atoms with Crippen molar-refractivity contribution in [2.45, 2.75) is 0 Å². The first kappa shape index (κ1) is 15.4. The van der Waals surface area contributed by atoms with Crippen molar-refractivity contribution in [1.82, 2.24) is 4.98 Å². The Morgan fingerprint density at radius 1 is 0.625 bits per heavy atom. The van der Waals surface area contributed by atoms with Gasteiger partial charge >= 0.3 is 0 Å². The maximum atomic E-state index is 9.72. The van der Waals surface area contributed by atoms with Crippen LogP contribution in [0.15, 0.2) is 76.7 Å². The summed E-state index contributed by atoms with van der Waals surface area (Å²) in [5.41, 5.74) is 1.23. The summed E-state index contributed by atoms with van der Waals surface area (Å²) < 4.78 is 0. The highest BCUT2D eigenvalue weighted by molar-refractivity contribution is 5.86. The van der Waals surface area contributed by atoms with Gasteiger partial charge in [-0.3, -0.25) is 0 Å². The van der Waals surface area contributed by atoms with E-state index >= 15 is 0 Å². The van der Waals surface area contributed by atoms with Crippen LogP contribution in [0.2, 0.25) is 0 Å². The van der Waals surface area contributed by atoms with Gasteiger partial charge in [0.15, 0.2) is 11.6 Å². The second-order valence-electron chi connectivity index (χ2n) is 4.99. The molecule has 0 spiro atoms. The van der Waals surface area contributed by atoms with Crippen LogP contribution >= 0.6 is 0 Å². The Hall–Kier alpha value is -3.47. The summed E-state index contributed by atoms with van der Waals surface area (Å²) in [5, 5.41) is 19.4. The Morgan fingerprint density at radius 3 is 1.54 bits per heavy atom. The number of hydrogen-bond donors (Lipinski definition) is 2. The van der Waals surface area contributed by atoms with E-state index in [-0.39, 0.29) is 11.5 Å². The fourth-order valence-electron chi connectivity index (χ4n) is 2.02. The normalized spacial score (nSPS) is 11.3.